The van der Waals surface area contributed by atoms with Gasteiger partial charge in [-0.2, -0.15) is 0 Å². The number of aliphatic hydroxyl groups excluding tert-OH is 3. The van der Waals surface area contributed by atoms with Gasteiger partial charge in [-0.05, 0) is 24.1 Å². The van der Waals surface area contributed by atoms with Gasteiger partial charge in [0, 0.05) is 0 Å². The van der Waals surface area contributed by atoms with Crippen LogP contribution < -0.4 is 4.74 Å². The molecule has 1 heterocycles. The number of rotatable bonds is 8. The Labute approximate surface area is 128 Å². The van der Waals surface area contributed by atoms with Gasteiger partial charge >= 0.3 is 0 Å². The highest BCUT2D eigenvalue weighted by molar-refractivity contribution is 5.28. The molecular formula is C15H21N3O4. The second kappa shape index (κ2) is 7.88. The first kappa shape index (κ1) is 16.4. The third-order valence-electron chi connectivity index (χ3n) is 3.34. The van der Waals surface area contributed by atoms with E-state index in [0.29, 0.717) is 11.4 Å². The molecule has 1 aromatic carbocycles. The molecule has 0 bridgehead atoms. The number of nitrogens with zero attached hydrogens (tertiary/aromatic N) is 3. The zero-order valence-electron chi connectivity index (χ0n) is 12.5. The van der Waals surface area contributed by atoms with Crippen LogP contribution in [0.2, 0.25) is 0 Å². The van der Waals surface area contributed by atoms with Crippen LogP contribution in [0, 0.1) is 0 Å². The van der Waals surface area contributed by atoms with Gasteiger partial charge in [0.1, 0.15) is 23.7 Å². The first-order chi connectivity index (χ1) is 10.7. The topological polar surface area (TPSA) is 101 Å². The van der Waals surface area contributed by atoms with Crippen LogP contribution in [0.1, 0.15) is 23.9 Å². The highest BCUT2D eigenvalue weighted by Gasteiger charge is 2.15. The summed E-state index contributed by atoms with van der Waals surface area (Å²) in [6, 6.07) is 7.76. The van der Waals surface area contributed by atoms with Gasteiger partial charge in [-0.15, -0.1) is 5.10 Å². The summed E-state index contributed by atoms with van der Waals surface area (Å²) in [4.78, 5) is 0. The minimum Gasteiger partial charge on any atom is -0.487 e. The van der Waals surface area contributed by atoms with Crippen molar-refractivity contribution in [2.45, 2.75) is 39.2 Å². The Morgan fingerprint density at radius 2 is 2.14 bits per heavy atom. The second-order valence-corrected chi connectivity index (χ2v) is 4.95. The molecule has 0 amide bonds. The summed E-state index contributed by atoms with van der Waals surface area (Å²) >= 11 is 0. The van der Waals surface area contributed by atoms with Crippen LogP contribution in [0.4, 0.5) is 0 Å². The quantitative estimate of drug-likeness (QED) is 0.647. The van der Waals surface area contributed by atoms with E-state index in [4.69, 9.17) is 9.84 Å². The van der Waals surface area contributed by atoms with Crippen molar-refractivity contribution in [2.75, 3.05) is 6.61 Å². The van der Waals surface area contributed by atoms with Crippen molar-refractivity contribution in [3.8, 4) is 5.75 Å². The van der Waals surface area contributed by atoms with E-state index >= 15 is 0 Å². The van der Waals surface area contributed by atoms with Crippen molar-refractivity contribution in [2.24, 2.45) is 0 Å². The monoisotopic (exact) mass is 307 g/mol. The lowest BCUT2D eigenvalue weighted by Gasteiger charge is -2.12. The molecule has 0 fully saturated rings. The van der Waals surface area contributed by atoms with E-state index in [1.807, 2.05) is 24.3 Å². The first-order valence-corrected chi connectivity index (χ1v) is 7.20. The number of aromatic nitrogens is 3. The lowest BCUT2D eigenvalue weighted by Crippen LogP contribution is -2.22. The van der Waals surface area contributed by atoms with Crippen molar-refractivity contribution in [3.05, 3.63) is 41.2 Å². The van der Waals surface area contributed by atoms with E-state index in [0.717, 1.165) is 12.2 Å². The molecule has 7 heteroatoms. The summed E-state index contributed by atoms with van der Waals surface area (Å²) < 4.78 is 7.18. The maximum Gasteiger partial charge on any atom is 0.132 e. The highest BCUT2D eigenvalue weighted by atomic mass is 16.5. The average molecular weight is 307 g/mol. The SMILES string of the molecule is CCc1cccc(OCc2c(CO)nnn2CC(O)CO)c1. The van der Waals surface area contributed by atoms with Crippen molar-refractivity contribution < 1.29 is 20.1 Å². The van der Waals surface area contributed by atoms with Gasteiger partial charge < -0.3 is 20.1 Å². The summed E-state index contributed by atoms with van der Waals surface area (Å²) in [7, 11) is 0. The normalized spacial score (nSPS) is 12.4. The Morgan fingerprint density at radius 1 is 1.32 bits per heavy atom. The molecule has 3 N–H and O–H groups in total. The van der Waals surface area contributed by atoms with Crippen molar-refractivity contribution in [1.82, 2.24) is 15.0 Å². The largest absolute Gasteiger partial charge is 0.487 e. The maximum atomic E-state index is 9.53. The molecule has 0 aliphatic heterocycles. The average Bonchev–Trinajstić information content (AvgIpc) is 2.94. The van der Waals surface area contributed by atoms with Crippen LogP contribution in [0.5, 0.6) is 5.75 Å². The van der Waals surface area contributed by atoms with Gasteiger partial charge in [-0.3, -0.25) is 0 Å². The van der Waals surface area contributed by atoms with Crippen molar-refractivity contribution >= 4 is 0 Å². The number of aryl methyl sites for hydroxylation is 1. The number of ether oxygens (including phenoxy) is 1. The molecule has 120 valence electrons. The van der Waals surface area contributed by atoms with Crippen LogP contribution in [0.15, 0.2) is 24.3 Å². The van der Waals surface area contributed by atoms with E-state index in [2.05, 4.69) is 17.2 Å². The summed E-state index contributed by atoms with van der Waals surface area (Å²) in [6.07, 6.45) is -0.0169. The van der Waals surface area contributed by atoms with Gasteiger partial charge in [0.05, 0.1) is 25.9 Å². The summed E-state index contributed by atoms with van der Waals surface area (Å²) in [5, 5.41) is 35.5. The number of hydrogen-bond donors (Lipinski definition) is 3. The Kier molecular flexibility index (Phi) is 5.88. The molecule has 0 aliphatic carbocycles. The van der Waals surface area contributed by atoms with Crippen molar-refractivity contribution in [3.63, 3.8) is 0 Å². The van der Waals surface area contributed by atoms with Crippen LogP contribution in [0.3, 0.4) is 0 Å². The molecule has 0 saturated carbocycles. The summed E-state index contributed by atoms with van der Waals surface area (Å²) in [6.45, 7) is 1.71. The van der Waals surface area contributed by atoms with Crippen LogP contribution in [0.25, 0.3) is 0 Å². The van der Waals surface area contributed by atoms with Gasteiger partial charge in [-0.25, -0.2) is 4.68 Å². The lowest BCUT2D eigenvalue weighted by molar-refractivity contribution is 0.0760. The van der Waals surface area contributed by atoms with Crippen molar-refractivity contribution in [1.29, 1.82) is 0 Å². The van der Waals surface area contributed by atoms with Crippen LogP contribution >= 0.6 is 0 Å². The minimum absolute atomic E-state index is 0.0944. The molecular weight excluding hydrogens is 286 g/mol. The third kappa shape index (κ3) is 4.03. The zero-order valence-corrected chi connectivity index (χ0v) is 12.5. The Morgan fingerprint density at radius 3 is 2.82 bits per heavy atom. The molecule has 7 nitrogen and oxygen atoms in total. The fourth-order valence-electron chi connectivity index (χ4n) is 2.06. The first-order valence-electron chi connectivity index (χ1n) is 7.20. The van der Waals surface area contributed by atoms with E-state index < -0.39 is 6.10 Å². The second-order valence-electron chi connectivity index (χ2n) is 4.95. The fraction of sp³-hybridized carbons (Fsp3) is 0.467. The number of benzene rings is 1. The Hall–Kier alpha value is -1.96. The van der Waals surface area contributed by atoms with E-state index in [1.165, 1.54) is 10.2 Å². The van der Waals surface area contributed by atoms with Gasteiger partial charge in [0.15, 0.2) is 0 Å². The number of hydrogen-bond acceptors (Lipinski definition) is 6. The van der Waals surface area contributed by atoms with Gasteiger partial charge in [0.25, 0.3) is 0 Å². The standard InChI is InChI=1S/C15H21N3O4/c1-2-11-4-3-5-13(6-11)22-10-15-14(9-20)16-17-18(15)7-12(21)8-19/h3-6,12,19-21H,2,7-10H2,1H3. The van der Waals surface area contributed by atoms with E-state index in [9.17, 15) is 10.2 Å². The maximum absolute atomic E-state index is 9.53. The van der Waals surface area contributed by atoms with Gasteiger partial charge in [-0.1, -0.05) is 24.3 Å². The molecule has 2 aromatic rings. The Bertz CT molecular complexity index is 600. The molecule has 1 aromatic heterocycles. The Balaban J connectivity index is 2.11. The molecule has 1 atom stereocenters. The molecule has 0 aliphatic rings. The van der Waals surface area contributed by atoms with Gasteiger partial charge in [0.2, 0.25) is 0 Å². The molecule has 1 unspecified atom stereocenters. The van der Waals surface area contributed by atoms with Crippen LogP contribution in [-0.2, 0) is 26.2 Å². The smallest absolute Gasteiger partial charge is 0.132 e. The zero-order chi connectivity index (χ0) is 15.9. The van der Waals surface area contributed by atoms with Crippen LogP contribution in [-0.4, -0.2) is 43.0 Å². The summed E-state index contributed by atoms with van der Waals surface area (Å²) in [5.41, 5.74) is 2.15. The lowest BCUT2D eigenvalue weighted by atomic mass is 10.2. The molecule has 22 heavy (non-hydrogen) atoms. The molecule has 2 rings (SSSR count). The molecule has 0 spiro atoms. The predicted octanol–water partition coefficient (Wildman–Crippen LogP) is 0.265. The fourth-order valence-corrected chi connectivity index (χ4v) is 2.06. The van der Waals surface area contributed by atoms with E-state index in [-0.39, 0.29) is 26.4 Å². The van der Waals surface area contributed by atoms with E-state index in [1.54, 1.807) is 0 Å². The molecule has 0 saturated heterocycles. The highest BCUT2D eigenvalue weighted by Crippen LogP contribution is 2.16. The third-order valence-corrected chi connectivity index (χ3v) is 3.34. The minimum atomic E-state index is -0.935. The number of aliphatic hydroxyl groups is 3. The summed E-state index contributed by atoms with van der Waals surface area (Å²) in [5.74, 6) is 0.721. The molecule has 0 radical (unpaired) electrons. The predicted molar refractivity (Wildman–Crippen MR) is 79.2 cm³/mol.